The summed E-state index contributed by atoms with van der Waals surface area (Å²) in [4.78, 5) is 2.41. The van der Waals surface area contributed by atoms with Crippen LogP contribution in [0.15, 0.2) is 224 Å². The van der Waals surface area contributed by atoms with Crippen molar-refractivity contribution in [3.63, 3.8) is 0 Å². The highest BCUT2D eigenvalue weighted by atomic mass is 16.5. The zero-order valence-electron chi connectivity index (χ0n) is 31.7. The Morgan fingerprint density at radius 2 is 0.810 bits per heavy atom. The third-order valence-electron chi connectivity index (χ3n) is 11.5. The first-order valence-electron chi connectivity index (χ1n) is 19.8. The topological polar surface area (TPSA) is 12.5 Å². The lowest BCUT2D eigenvalue weighted by Crippen LogP contribution is -2.12. The second-order valence-corrected chi connectivity index (χ2v) is 14.9. The predicted octanol–water partition coefficient (Wildman–Crippen LogP) is 15.9. The van der Waals surface area contributed by atoms with Crippen molar-refractivity contribution in [1.82, 2.24) is 0 Å². The quantitative estimate of drug-likeness (QED) is 0.161. The summed E-state index contributed by atoms with van der Waals surface area (Å²) in [6, 6.07) is 80.6. The van der Waals surface area contributed by atoms with Gasteiger partial charge in [0.25, 0.3) is 0 Å². The molecule has 0 atom stereocenters. The predicted molar refractivity (Wildman–Crippen MR) is 243 cm³/mol. The highest BCUT2D eigenvalue weighted by molar-refractivity contribution is 6.05. The Hall–Kier alpha value is -7.68. The first-order chi connectivity index (χ1) is 28.8. The average molecular weight is 740 g/mol. The summed E-state index contributed by atoms with van der Waals surface area (Å²) in [6.45, 7) is 0. The number of anilines is 3. The van der Waals surface area contributed by atoms with Crippen molar-refractivity contribution >= 4 is 38.6 Å². The molecule has 0 radical (unpaired) electrons. The van der Waals surface area contributed by atoms with E-state index in [2.05, 4.69) is 229 Å². The van der Waals surface area contributed by atoms with Gasteiger partial charge in [0, 0.05) is 27.8 Å². The number of fused-ring (bicyclic) bond motifs is 3. The fraction of sp³-hybridized carbons (Fsp3) is 0. The first-order valence-corrected chi connectivity index (χ1v) is 19.8. The van der Waals surface area contributed by atoms with E-state index in [-0.39, 0.29) is 0 Å². The van der Waals surface area contributed by atoms with Crippen LogP contribution in [0.2, 0.25) is 0 Å². The van der Waals surface area contributed by atoms with Gasteiger partial charge in [-0.25, -0.2) is 0 Å². The van der Waals surface area contributed by atoms with Gasteiger partial charge in [0.05, 0.1) is 11.4 Å². The molecule has 0 unspecified atom stereocenters. The fourth-order valence-electron chi connectivity index (χ4n) is 8.70. The fourth-order valence-corrected chi connectivity index (χ4v) is 8.70. The molecule has 0 N–H and O–H groups in total. The molecule has 10 aromatic carbocycles. The smallest absolute Gasteiger partial charge is 0.135 e. The minimum absolute atomic E-state index is 0.874. The summed E-state index contributed by atoms with van der Waals surface area (Å²) < 4.78 is 6.50. The maximum atomic E-state index is 6.50. The monoisotopic (exact) mass is 739 g/mol. The van der Waals surface area contributed by atoms with E-state index in [4.69, 9.17) is 4.74 Å². The van der Waals surface area contributed by atoms with E-state index in [9.17, 15) is 0 Å². The molecule has 0 amide bonds. The van der Waals surface area contributed by atoms with Crippen molar-refractivity contribution in [1.29, 1.82) is 0 Å². The average Bonchev–Trinajstić information content (AvgIpc) is 3.30. The Kier molecular flexibility index (Phi) is 8.19. The highest BCUT2D eigenvalue weighted by Crippen LogP contribution is 2.50. The SMILES string of the molecule is c1ccc(-c2ccccc2N(c2ccc(-c3ccc(-c4cccc5ccccc45)cc3)cc2)c2ccccc2-c2ccc3c(c2)-c2cccc4cccc(c24)O3)cc1. The number of rotatable bonds is 7. The molecule has 0 fully saturated rings. The van der Waals surface area contributed by atoms with Crippen LogP contribution >= 0.6 is 0 Å². The largest absolute Gasteiger partial charge is 0.456 e. The lowest BCUT2D eigenvalue weighted by Gasteiger charge is -2.30. The Bertz CT molecular complexity index is 3120. The van der Waals surface area contributed by atoms with Crippen LogP contribution < -0.4 is 9.64 Å². The van der Waals surface area contributed by atoms with Gasteiger partial charge < -0.3 is 9.64 Å². The van der Waals surface area contributed by atoms with Crippen LogP contribution in [0.1, 0.15) is 0 Å². The normalized spacial score (nSPS) is 11.6. The molecule has 0 bridgehead atoms. The lowest BCUT2D eigenvalue weighted by molar-refractivity contribution is 0.487. The molecule has 0 saturated heterocycles. The molecule has 58 heavy (non-hydrogen) atoms. The van der Waals surface area contributed by atoms with E-state index in [0.29, 0.717) is 0 Å². The van der Waals surface area contributed by atoms with Crippen molar-refractivity contribution < 1.29 is 4.74 Å². The molecule has 1 aliphatic rings. The van der Waals surface area contributed by atoms with Crippen LogP contribution in [0.3, 0.4) is 0 Å². The molecule has 0 aliphatic carbocycles. The van der Waals surface area contributed by atoms with Gasteiger partial charge in [-0.05, 0) is 97.6 Å². The van der Waals surface area contributed by atoms with Crippen LogP contribution in [-0.2, 0) is 0 Å². The Morgan fingerprint density at radius 3 is 1.57 bits per heavy atom. The van der Waals surface area contributed by atoms with Gasteiger partial charge in [0.1, 0.15) is 11.5 Å². The Balaban J connectivity index is 1.02. The van der Waals surface area contributed by atoms with Gasteiger partial charge in [-0.3, -0.25) is 0 Å². The van der Waals surface area contributed by atoms with Gasteiger partial charge in [0.2, 0.25) is 0 Å². The van der Waals surface area contributed by atoms with Crippen LogP contribution in [0.25, 0.3) is 77.2 Å². The third kappa shape index (κ3) is 5.82. The molecule has 2 nitrogen and oxygen atoms in total. The zero-order valence-corrected chi connectivity index (χ0v) is 31.7. The second-order valence-electron chi connectivity index (χ2n) is 14.9. The first kappa shape index (κ1) is 33.6. The molecular weight excluding hydrogens is 703 g/mol. The molecule has 10 aromatic rings. The number of hydrogen-bond acceptors (Lipinski definition) is 2. The third-order valence-corrected chi connectivity index (χ3v) is 11.5. The van der Waals surface area contributed by atoms with Gasteiger partial charge in [-0.2, -0.15) is 0 Å². The minimum Gasteiger partial charge on any atom is -0.456 e. The highest BCUT2D eigenvalue weighted by Gasteiger charge is 2.24. The summed E-state index contributed by atoms with van der Waals surface area (Å²) in [5.74, 6) is 1.78. The molecule has 1 aliphatic heterocycles. The van der Waals surface area contributed by atoms with E-state index in [1.807, 2.05) is 0 Å². The summed E-state index contributed by atoms with van der Waals surface area (Å²) in [5.41, 5.74) is 15.0. The molecule has 0 saturated carbocycles. The van der Waals surface area contributed by atoms with Crippen molar-refractivity contribution in [2.45, 2.75) is 0 Å². The standard InChI is InChI=1S/C56H37NO/c1-2-13-41(14-3-1)48-20-6-8-24-52(48)57(45-34-31-39(32-35-45)38-27-29-42(30-28-38)47-22-10-16-40-15-4-5-19-46(40)47)53-25-9-7-21-49(53)44-33-36-54-51(37-44)50-23-11-17-43-18-12-26-55(58-54)56(43)50/h1-37H. The maximum absolute atomic E-state index is 6.50. The zero-order chi connectivity index (χ0) is 38.4. The number of para-hydroxylation sites is 2. The Morgan fingerprint density at radius 1 is 0.293 bits per heavy atom. The molecular formula is C56H37NO. The second kappa shape index (κ2) is 14.1. The van der Waals surface area contributed by atoms with Crippen LogP contribution in [0.5, 0.6) is 11.5 Å². The molecule has 1 heterocycles. The summed E-state index contributed by atoms with van der Waals surface area (Å²) in [6.07, 6.45) is 0. The molecule has 0 aromatic heterocycles. The van der Waals surface area contributed by atoms with Gasteiger partial charge in [-0.1, -0.05) is 182 Å². The van der Waals surface area contributed by atoms with Gasteiger partial charge in [-0.15, -0.1) is 0 Å². The van der Waals surface area contributed by atoms with E-state index < -0.39 is 0 Å². The Labute approximate surface area is 338 Å². The summed E-state index contributed by atoms with van der Waals surface area (Å²) in [5, 5.41) is 4.86. The molecule has 0 spiro atoms. The van der Waals surface area contributed by atoms with Crippen molar-refractivity contribution in [2.75, 3.05) is 4.90 Å². The van der Waals surface area contributed by atoms with Crippen LogP contribution in [0.4, 0.5) is 17.1 Å². The van der Waals surface area contributed by atoms with Crippen LogP contribution in [-0.4, -0.2) is 0 Å². The van der Waals surface area contributed by atoms with Crippen molar-refractivity contribution in [2.24, 2.45) is 0 Å². The van der Waals surface area contributed by atoms with E-state index in [1.54, 1.807) is 0 Å². The van der Waals surface area contributed by atoms with E-state index in [1.165, 1.54) is 49.5 Å². The number of hydrogen-bond donors (Lipinski definition) is 0. The van der Waals surface area contributed by atoms with E-state index in [0.717, 1.165) is 56.2 Å². The number of ether oxygens (including phenoxy) is 1. The lowest BCUT2D eigenvalue weighted by atomic mass is 9.91. The maximum Gasteiger partial charge on any atom is 0.135 e. The van der Waals surface area contributed by atoms with Gasteiger partial charge in [0.15, 0.2) is 0 Å². The minimum atomic E-state index is 0.874. The van der Waals surface area contributed by atoms with Crippen molar-refractivity contribution in [3.8, 4) is 67.1 Å². The summed E-state index contributed by atoms with van der Waals surface area (Å²) in [7, 11) is 0. The number of benzene rings is 10. The molecule has 11 rings (SSSR count). The van der Waals surface area contributed by atoms with Gasteiger partial charge >= 0.3 is 0 Å². The van der Waals surface area contributed by atoms with Crippen LogP contribution in [0, 0.1) is 0 Å². The molecule has 2 heteroatoms. The van der Waals surface area contributed by atoms with E-state index >= 15 is 0 Å². The molecule has 272 valence electrons. The number of nitrogens with zero attached hydrogens (tertiary/aromatic N) is 1. The van der Waals surface area contributed by atoms with Crippen molar-refractivity contribution in [3.05, 3.63) is 224 Å². The summed E-state index contributed by atoms with van der Waals surface area (Å²) >= 11 is 0.